The van der Waals surface area contributed by atoms with Gasteiger partial charge in [-0.2, -0.15) is 0 Å². The Hall–Kier alpha value is -1.56. The summed E-state index contributed by atoms with van der Waals surface area (Å²) < 4.78 is 17.8. The van der Waals surface area contributed by atoms with Crippen molar-refractivity contribution in [3.63, 3.8) is 0 Å². The summed E-state index contributed by atoms with van der Waals surface area (Å²) in [6.07, 6.45) is 1.34. The molecule has 6 heteroatoms. The molecule has 5 nitrogen and oxygen atoms in total. The fourth-order valence-electron chi connectivity index (χ4n) is 0.939. The predicted octanol–water partition coefficient (Wildman–Crippen LogP) is 1.32. The Bertz CT molecular complexity index is 343. The summed E-state index contributed by atoms with van der Waals surface area (Å²) >= 11 is 0. The van der Waals surface area contributed by atoms with Gasteiger partial charge in [-0.1, -0.05) is 0 Å². The van der Waals surface area contributed by atoms with Crippen LogP contribution in [-0.4, -0.2) is 23.6 Å². The van der Waals surface area contributed by atoms with Crippen LogP contribution in [0, 0.1) is 15.9 Å². The summed E-state index contributed by atoms with van der Waals surface area (Å²) in [5.74, 6) is -0.670. The quantitative estimate of drug-likeness (QED) is 0.543. The Kier molecular flexibility index (Phi) is 3.47. The van der Waals surface area contributed by atoms with Gasteiger partial charge in [0.05, 0.1) is 23.3 Å². The number of rotatable bonds is 4. The van der Waals surface area contributed by atoms with Gasteiger partial charge in [0.1, 0.15) is 6.20 Å². The second-order valence-corrected chi connectivity index (χ2v) is 2.62. The minimum atomic E-state index is -0.684. The minimum absolute atomic E-state index is 0.178. The van der Waals surface area contributed by atoms with Gasteiger partial charge in [0.2, 0.25) is 0 Å². The van der Waals surface area contributed by atoms with Crippen molar-refractivity contribution in [2.24, 2.45) is 0 Å². The summed E-state index contributed by atoms with van der Waals surface area (Å²) in [6, 6.07) is 0.859. The Morgan fingerprint density at radius 2 is 2.43 bits per heavy atom. The molecule has 14 heavy (non-hydrogen) atoms. The second-order valence-electron chi connectivity index (χ2n) is 2.62. The number of pyridine rings is 1. The van der Waals surface area contributed by atoms with Crippen molar-refractivity contribution in [2.45, 2.75) is 6.42 Å². The summed E-state index contributed by atoms with van der Waals surface area (Å²) in [5, 5.41) is 10.3. The van der Waals surface area contributed by atoms with Crippen molar-refractivity contribution >= 4 is 5.69 Å². The monoisotopic (exact) mass is 200 g/mol. The normalized spacial score (nSPS) is 10.1. The molecule has 0 aliphatic carbocycles. The molecule has 0 spiro atoms. The van der Waals surface area contributed by atoms with Gasteiger partial charge in [-0.05, 0) is 0 Å². The van der Waals surface area contributed by atoms with E-state index in [2.05, 4.69) is 4.98 Å². The molecule has 1 heterocycles. The van der Waals surface area contributed by atoms with Crippen LogP contribution in [0.2, 0.25) is 0 Å². The van der Waals surface area contributed by atoms with Gasteiger partial charge in [0.25, 0.3) is 5.69 Å². The number of ether oxygens (including phenoxy) is 1. The van der Waals surface area contributed by atoms with Crippen molar-refractivity contribution in [3.8, 4) is 0 Å². The minimum Gasteiger partial charge on any atom is -0.384 e. The van der Waals surface area contributed by atoms with Gasteiger partial charge in [0, 0.05) is 13.5 Å². The van der Waals surface area contributed by atoms with Gasteiger partial charge in [-0.15, -0.1) is 0 Å². The van der Waals surface area contributed by atoms with E-state index in [1.54, 1.807) is 0 Å². The number of hydrogen-bond donors (Lipinski definition) is 0. The lowest BCUT2D eigenvalue weighted by Crippen LogP contribution is -2.02. The zero-order valence-corrected chi connectivity index (χ0v) is 7.57. The third kappa shape index (κ3) is 2.46. The van der Waals surface area contributed by atoms with E-state index >= 15 is 0 Å². The van der Waals surface area contributed by atoms with Crippen LogP contribution in [0.15, 0.2) is 12.3 Å². The van der Waals surface area contributed by atoms with E-state index in [4.69, 9.17) is 4.74 Å². The highest BCUT2D eigenvalue weighted by Crippen LogP contribution is 2.13. The molecule has 0 aliphatic heterocycles. The lowest BCUT2D eigenvalue weighted by molar-refractivity contribution is -0.385. The number of nitrogens with zero attached hydrogens (tertiary/aromatic N) is 2. The molecule has 1 rings (SSSR count). The summed E-state index contributed by atoms with van der Waals surface area (Å²) in [6.45, 7) is 0.335. The van der Waals surface area contributed by atoms with Crippen LogP contribution in [0.3, 0.4) is 0 Å². The lowest BCUT2D eigenvalue weighted by Gasteiger charge is -2.00. The predicted molar refractivity (Wildman–Crippen MR) is 46.4 cm³/mol. The molecule has 0 fully saturated rings. The van der Waals surface area contributed by atoms with Crippen molar-refractivity contribution in [2.75, 3.05) is 13.7 Å². The zero-order valence-electron chi connectivity index (χ0n) is 7.57. The van der Waals surface area contributed by atoms with E-state index in [1.807, 2.05) is 0 Å². The SMILES string of the molecule is COCCc1ncc([N+](=O)[O-])cc1F. The first-order chi connectivity index (χ1) is 6.65. The van der Waals surface area contributed by atoms with Crippen LogP contribution in [0.1, 0.15) is 5.69 Å². The van der Waals surface area contributed by atoms with E-state index in [9.17, 15) is 14.5 Å². The summed E-state index contributed by atoms with van der Waals surface area (Å²) in [5.41, 5.74) is -0.166. The molecule has 1 aromatic heterocycles. The maximum absolute atomic E-state index is 13.1. The summed E-state index contributed by atoms with van der Waals surface area (Å²) in [4.78, 5) is 13.2. The van der Waals surface area contributed by atoms with Crippen LogP contribution in [0.4, 0.5) is 10.1 Å². The molecule has 0 saturated heterocycles. The Morgan fingerprint density at radius 3 is 2.93 bits per heavy atom. The highest BCUT2D eigenvalue weighted by molar-refractivity contribution is 5.28. The molecule has 1 aromatic rings. The molecule has 0 amide bonds. The van der Waals surface area contributed by atoms with Crippen molar-refractivity contribution in [1.29, 1.82) is 0 Å². The van der Waals surface area contributed by atoms with E-state index in [0.29, 0.717) is 13.0 Å². The van der Waals surface area contributed by atoms with Crippen LogP contribution >= 0.6 is 0 Å². The first-order valence-corrected chi connectivity index (χ1v) is 3.93. The number of hydrogen-bond acceptors (Lipinski definition) is 4. The zero-order chi connectivity index (χ0) is 10.6. The average molecular weight is 200 g/mol. The van der Waals surface area contributed by atoms with E-state index in [0.717, 1.165) is 12.3 Å². The maximum atomic E-state index is 13.1. The topological polar surface area (TPSA) is 65.3 Å². The Balaban J connectivity index is 2.84. The van der Waals surface area contributed by atoms with E-state index in [-0.39, 0.29) is 11.4 Å². The van der Waals surface area contributed by atoms with Gasteiger partial charge in [-0.25, -0.2) is 4.39 Å². The number of aromatic nitrogens is 1. The highest BCUT2D eigenvalue weighted by Gasteiger charge is 2.11. The van der Waals surface area contributed by atoms with Crippen LogP contribution in [0.5, 0.6) is 0 Å². The molecule has 0 radical (unpaired) electrons. The standard InChI is InChI=1S/C8H9FN2O3/c1-14-3-2-8-7(9)4-6(5-10-8)11(12)13/h4-5H,2-3H2,1H3. The van der Waals surface area contributed by atoms with Crippen LogP contribution in [0.25, 0.3) is 0 Å². The van der Waals surface area contributed by atoms with Crippen LogP contribution < -0.4 is 0 Å². The van der Waals surface area contributed by atoms with Gasteiger partial charge < -0.3 is 4.74 Å². The molecule has 0 N–H and O–H groups in total. The Morgan fingerprint density at radius 1 is 1.71 bits per heavy atom. The number of methoxy groups -OCH3 is 1. The molecule has 0 aliphatic rings. The fourth-order valence-corrected chi connectivity index (χ4v) is 0.939. The molecular formula is C8H9FN2O3. The third-order valence-corrected chi connectivity index (χ3v) is 1.66. The molecule has 0 aromatic carbocycles. The third-order valence-electron chi connectivity index (χ3n) is 1.66. The van der Waals surface area contributed by atoms with Gasteiger partial charge in [0.15, 0.2) is 5.82 Å². The lowest BCUT2D eigenvalue weighted by atomic mass is 10.2. The number of halogens is 1. The molecule has 76 valence electrons. The average Bonchev–Trinajstić information content (AvgIpc) is 2.15. The van der Waals surface area contributed by atoms with Gasteiger partial charge >= 0.3 is 0 Å². The van der Waals surface area contributed by atoms with E-state index in [1.165, 1.54) is 7.11 Å². The van der Waals surface area contributed by atoms with Gasteiger partial charge in [-0.3, -0.25) is 15.1 Å². The maximum Gasteiger partial charge on any atom is 0.290 e. The largest absolute Gasteiger partial charge is 0.384 e. The second kappa shape index (κ2) is 4.61. The molecule has 0 bridgehead atoms. The summed E-state index contributed by atoms with van der Waals surface area (Å²) in [7, 11) is 1.49. The fraction of sp³-hybridized carbons (Fsp3) is 0.375. The number of nitro groups is 1. The van der Waals surface area contributed by atoms with Crippen LogP contribution in [-0.2, 0) is 11.2 Å². The molecule has 0 unspecified atom stereocenters. The van der Waals surface area contributed by atoms with E-state index < -0.39 is 10.7 Å². The van der Waals surface area contributed by atoms with Crippen molar-refractivity contribution in [3.05, 3.63) is 33.9 Å². The molecule has 0 atom stereocenters. The smallest absolute Gasteiger partial charge is 0.290 e. The molecular weight excluding hydrogens is 191 g/mol. The Labute approximate surface area is 79.7 Å². The molecule has 0 saturated carbocycles. The van der Waals surface area contributed by atoms with Crippen molar-refractivity contribution < 1.29 is 14.1 Å². The first-order valence-electron chi connectivity index (χ1n) is 3.93. The van der Waals surface area contributed by atoms with Crippen molar-refractivity contribution in [1.82, 2.24) is 4.98 Å². The highest BCUT2D eigenvalue weighted by atomic mass is 19.1. The first kappa shape index (κ1) is 10.5.